The largest absolute Gasteiger partial charge is 0.496 e. The number of carbonyl (C=O) groups excluding carboxylic acids is 1. The summed E-state index contributed by atoms with van der Waals surface area (Å²) in [6.45, 7) is 2.43. The van der Waals surface area contributed by atoms with E-state index in [-0.39, 0.29) is 17.4 Å². The minimum atomic E-state index is 0.171. The summed E-state index contributed by atoms with van der Waals surface area (Å²) in [4.78, 5) is 16.1. The Morgan fingerprint density at radius 1 is 1.10 bits per heavy atom. The molecule has 1 aliphatic carbocycles. The second kappa shape index (κ2) is 8.31. The number of ether oxygens (including phenoxy) is 1. The molecule has 1 amide bonds. The van der Waals surface area contributed by atoms with Crippen LogP contribution >= 0.6 is 0 Å². The number of hydrogen-bond acceptors (Lipinski definition) is 3. The van der Waals surface area contributed by atoms with Gasteiger partial charge in [0.25, 0.3) is 0 Å². The van der Waals surface area contributed by atoms with Crippen LogP contribution in [0.5, 0.6) is 5.75 Å². The second-order valence-electron chi connectivity index (χ2n) is 9.88. The van der Waals surface area contributed by atoms with Crippen LogP contribution in [0.3, 0.4) is 0 Å². The van der Waals surface area contributed by atoms with E-state index in [0.29, 0.717) is 24.5 Å². The van der Waals surface area contributed by atoms with Crippen LogP contribution in [0.15, 0.2) is 54.6 Å². The van der Waals surface area contributed by atoms with E-state index >= 15 is 0 Å². The van der Waals surface area contributed by atoms with Crippen LogP contribution in [0.25, 0.3) is 0 Å². The highest BCUT2D eigenvalue weighted by molar-refractivity contribution is 5.81. The molecule has 0 radical (unpaired) electrons. The third-order valence-electron chi connectivity index (χ3n) is 8.12. The van der Waals surface area contributed by atoms with Gasteiger partial charge in [-0.15, -0.1) is 0 Å². The quantitative estimate of drug-likeness (QED) is 0.784. The summed E-state index contributed by atoms with van der Waals surface area (Å²) in [7, 11) is 1.68. The predicted molar refractivity (Wildman–Crippen MR) is 123 cm³/mol. The number of nitrogens with one attached hydrogen (secondary N) is 1. The molecule has 0 unspecified atom stereocenters. The van der Waals surface area contributed by atoms with Crippen LogP contribution in [-0.2, 0) is 17.6 Å². The number of methoxy groups -OCH3 is 1. The van der Waals surface area contributed by atoms with Crippen LogP contribution in [0.1, 0.15) is 50.2 Å². The van der Waals surface area contributed by atoms with Gasteiger partial charge in [0.2, 0.25) is 5.91 Å². The number of amides is 1. The third-order valence-corrected chi connectivity index (χ3v) is 8.12. The summed E-state index contributed by atoms with van der Waals surface area (Å²) in [6, 6.07) is 20.1. The molecule has 0 aromatic heterocycles. The lowest BCUT2D eigenvalue weighted by Crippen LogP contribution is -2.57. The van der Waals surface area contributed by atoms with Crippen molar-refractivity contribution >= 4 is 5.91 Å². The molecule has 31 heavy (non-hydrogen) atoms. The number of piperidine rings is 1. The standard InChI is InChI=1S/C27H34N2O2/c1-27-18-22-21(16-19-10-4-3-5-11-19)28-24(27)14-8-9-15-25(27)29(22)26(30)17-20-12-6-7-13-23(20)31-2/h3-7,10-13,21-22,24-25,28H,8-9,14-18H2,1-2H3/t21-,22+,24-,25+,27-/m1/s1. The van der Waals surface area contributed by atoms with E-state index in [1.807, 2.05) is 24.3 Å². The molecule has 3 fully saturated rings. The van der Waals surface area contributed by atoms with Gasteiger partial charge in [-0.3, -0.25) is 4.79 Å². The fourth-order valence-electron chi connectivity index (χ4n) is 6.60. The Bertz CT molecular complexity index is 930. The summed E-state index contributed by atoms with van der Waals surface area (Å²) >= 11 is 0. The third kappa shape index (κ3) is 3.65. The Balaban J connectivity index is 1.46. The average molecular weight is 419 g/mol. The summed E-state index contributed by atoms with van der Waals surface area (Å²) in [5, 5.41) is 4.03. The maximum absolute atomic E-state index is 13.8. The Morgan fingerprint density at radius 2 is 1.84 bits per heavy atom. The van der Waals surface area contributed by atoms with E-state index in [4.69, 9.17) is 4.74 Å². The van der Waals surface area contributed by atoms with Gasteiger partial charge >= 0.3 is 0 Å². The lowest BCUT2D eigenvalue weighted by atomic mass is 9.70. The highest BCUT2D eigenvalue weighted by atomic mass is 16.5. The molecule has 2 bridgehead atoms. The van der Waals surface area contributed by atoms with E-state index in [1.54, 1.807) is 7.11 Å². The molecule has 1 saturated carbocycles. The van der Waals surface area contributed by atoms with Crippen molar-refractivity contribution in [1.29, 1.82) is 0 Å². The summed E-state index contributed by atoms with van der Waals surface area (Å²) in [6.07, 6.45) is 7.32. The number of likely N-dealkylation sites (tertiary alicyclic amines) is 1. The number of benzene rings is 2. The van der Waals surface area contributed by atoms with Gasteiger partial charge in [-0.25, -0.2) is 0 Å². The van der Waals surface area contributed by atoms with Gasteiger partial charge in [-0.05, 0) is 37.3 Å². The Kier molecular flexibility index (Phi) is 5.51. The minimum Gasteiger partial charge on any atom is -0.496 e. The van der Waals surface area contributed by atoms with Crippen LogP contribution < -0.4 is 10.1 Å². The molecular weight excluding hydrogens is 384 g/mol. The van der Waals surface area contributed by atoms with Crippen molar-refractivity contribution in [3.05, 3.63) is 65.7 Å². The monoisotopic (exact) mass is 418 g/mol. The molecule has 164 valence electrons. The normalized spacial score (nSPS) is 31.9. The summed E-state index contributed by atoms with van der Waals surface area (Å²) < 4.78 is 5.53. The molecule has 2 aliphatic heterocycles. The van der Waals surface area contributed by atoms with Gasteiger partial charge < -0.3 is 15.0 Å². The Morgan fingerprint density at radius 3 is 2.65 bits per heavy atom. The first kappa shape index (κ1) is 20.6. The molecule has 5 rings (SSSR count). The Hall–Kier alpha value is -2.33. The predicted octanol–water partition coefficient (Wildman–Crippen LogP) is 4.37. The van der Waals surface area contributed by atoms with Crippen LogP contribution in [0.2, 0.25) is 0 Å². The fraction of sp³-hybridized carbons (Fsp3) is 0.519. The molecule has 2 aromatic carbocycles. The highest BCUT2D eigenvalue weighted by Crippen LogP contribution is 2.52. The zero-order valence-corrected chi connectivity index (χ0v) is 18.7. The lowest BCUT2D eigenvalue weighted by molar-refractivity contribution is -0.134. The first-order chi connectivity index (χ1) is 15.1. The van der Waals surface area contributed by atoms with Crippen LogP contribution in [0.4, 0.5) is 0 Å². The average Bonchev–Trinajstić information content (AvgIpc) is 2.94. The smallest absolute Gasteiger partial charge is 0.227 e. The molecule has 5 atom stereocenters. The minimum absolute atomic E-state index is 0.171. The highest BCUT2D eigenvalue weighted by Gasteiger charge is 2.60. The van der Waals surface area contributed by atoms with Gasteiger partial charge in [0, 0.05) is 35.1 Å². The lowest BCUT2D eigenvalue weighted by Gasteiger charge is -2.43. The summed E-state index contributed by atoms with van der Waals surface area (Å²) in [5.74, 6) is 1.06. The molecule has 4 heteroatoms. The van der Waals surface area contributed by atoms with E-state index < -0.39 is 0 Å². The van der Waals surface area contributed by atoms with Crippen molar-refractivity contribution in [2.24, 2.45) is 5.41 Å². The first-order valence-corrected chi connectivity index (χ1v) is 11.8. The number of rotatable bonds is 5. The van der Waals surface area contributed by atoms with Crippen molar-refractivity contribution in [3.8, 4) is 5.75 Å². The molecule has 2 heterocycles. The van der Waals surface area contributed by atoms with E-state index in [2.05, 4.69) is 47.5 Å². The molecule has 3 aliphatic rings. The number of nitrogens with zero attached hydrogens (tertiary/aromatic N) is 1. The van der Waals surface area contributed by atoms with Crippen molar-refractivity contribution in [3.63, 3.8) is 0 Å². The number of para-hydroxylation sites is 1. The van der Waals surface area contributed by atoms with Gasteiger partial charge in [-0.1, -0.05) is 68.3 Å². The zero-order chi connectivity index (χ0) is 21.4. The maximum Gasteiger partial charge on any atom is 0.227 e. The molecule has 0 spiro atoms. The van der Waals surface area contributed by atoms with E-state index in [9.17, 15) is 4.79 Å². The van der Waals surface area contributed by atoms with Crippen molar-refractivity contribution in [1.82, 2.24) is 10.2 Å². The number of carbonyl (C=O) groups is 1. The topological polar surface area (TPSA) is 41.6 Å². The van der Waals surface area contributed by atoms with Crippen LogP contribution in [0, 0.1) is 5.41 Å². The van der Waals surface area contributed by atoms with Gasteiger partial charge in [0.05, 0.1) is 13.5 Å². The van der Waals surface area contributed by atoms with Crippen LogP contribution in [-0.4, -0.2) is 42.1 Å². The second-order valence-corrected chi connectivity index (χ2v) is 9.88. The van der Waals surface area contributed by atoms with Gasteiger partial charge in [0.15, 0.2) is 0 Å². The number of hydrogen-bond donors (Lipinski definition) is 1. The SMILES string of the molecule is COc1ccccc1CC(=O)N1[C@H]2CCCC[C@H]3N[C@H](Cc4ccccc4)[C@@H]1C[C@@]23C. The van der Waals surface area contributed by atoms with Gasteiger partial charge in [0.1, 0.15) is 5.75 Å². The van der Waals surface area contributed by atoms with Crippen molar-refractivity contribution < 1.29 is 9.53 Å². The molecular formula is C27H34N2O2. The fourth-order valence-corrected chi connectivity index (χ4v) is 6.60. The first-order valence-electron chi connectivity index (χ1n) is 11.8. The zero-order valence-electron chi connectivity index (χ0n) is 18.7. The molecule has 4 nitrogen and oxygen atoms in total. The van der Waals surface area contributed by atoms with Crippen molar-refractivity contribution in [2.45, 2.75) is 76.0 Å². The van der Waals surface area contributed by atoms with E-state index in [1.165, 1.54) is 24.8 Å². The molecule has 2 aromatic rings. The molecule has 2 saturated heterocycles. The Labute approximate surface area is 186 Å². The number of fused-ring (bicyclic) bond motifs is 1. The summed E-state index contributed by atoms with van der Waals surface area (Å²) in [5.41, 5.74) is 2.50. The van der Waals surface area contributed by atoms with Crippen molar-refractivity contribution in [2.75, 3.05) is 7.11 Å². The van der Waals surface area contributed by atoms with E-state index in [0.717, 1.165) is 30.6 Å². The molecule has 1 N–H and O–H groups in total. The van der Waals surface area contributed by atoms with Gasteiger partial charge in [-0.2, -0.15) is 0 Å². The maximum atomic E-state index is 13.8.